The van der Waals surface area contributed by atoms with Gasteiger partial charge < -0.3 is 9.64 Å². The number of rotatable bonds is 8. The zero-order chi connectivity index (χ0) is 26.5. The minimum atomic E-state index is 0.249. The Morgan fingerprint density at radius 1 is 0.794 bits per heavy atom. The second-order valence-corrected chi connectivity index (χ2v) is 14.1. The molecule has 0 spiro atoms. The van der Waals surface area contributed by atoms with Crippen molar-refractivity contribution in [1.29, 1.82) is 0 Å². The van der Waals surface area contributed by atoms with E-state index in [1.54, 1.807) is 0 Å². The average molecular weight is 482 g/mol. The smallest absolute Gasteiger partial charge is 0.0610 e. The van der Waals surface area contributed by atoms with Crippen LogP contribution in [0.2, 0.25) is 0 Å². The lowest BCUT2D eigenvalue weighted by Gasteiger charge is -2.55. The standard InChI is InChI=1S/C16H34N2.C14H29NO/c1-9-13(2)12-17(7)14-10-15(3,4)18(8)16(5,6)11-14;1-7-8-9-16-12-10-13(2,3)15(6)14(4,5)11-12/h13-14H,9-12H2,1-8H3;12H,7-11H2,1-6H3. The van der Waals surface area contributed by atoms with Crippen LogP contribution in [0, 0.1) is 5.92 Å². The number of likely N-dealkylation sites (tertiary alicyclic amines) is 2. The van der Waals surface area contributed by atoms with Crippen molar-refractivity contribution >= 4 is 0 Å². The normalized spacial score (nSPS) is 26.2. The monoisotopic (exact) mass is 481 g/mol. The Hall–Kier alpha value is -0.160. The van der Waals surface area contributed by atoms with E-state index >= 15 is 0 Å². The Bertz CT molecular complexity index is 562. The van der Waals surface area contributed by atoms with E-state index in [1.165, 1.54) is 38.6 Å². The fourth-order valence-electron chi connectivity index (χ4n) is 6.19. The lowest BCUT2D eigenvalue weighted by atomic mass is 9.77. The molecule has 0 aromatic heterocycles. The molecule has 0 amide bonds. The molecule has 0 N–H and O–H groups in total. The highest BCUT2D eigenvalue weighted by Gasteiger charge is 2.44. The number of hydrogen-bond donors (Lipinski definition) is 0. The Balaban J connectivity index is 0.000000342. The summed E-state index contributed by atoms with van der Waals surface area (Å²) < 4.78 is 6.02. The number of ether oxygens (including phenoxy) is 1. The topological polar surface area (TPSA) is 19.0 Å². The third kappa shape index (κ3) is 8.75. The van der Waals surface area contributed by atoms with Gasteiger partial charge in [-0.2, -0.15) is 0 Å². The lowest BCUT2D eigenvalue weighted by Crippen LogP contribution is -2.62. The highest BCUT2D eigenvalue weighted by atomic mass is 16.5. The molecule has 0 aromatic rings. The average Bonchev–Trinajstić information content (AvgIpc) is 2.70. The molecule has 1 unspecified atom stereocenters. The Morgan fingerprint density at radius 3 is 1.59 bits per heavy atom. The fourth-order valence-corrected chi connectivity index (χ4v) is 6.19. The Kier molecular flexibility index (Phi) is 11.6. The van der Waals surface area contributed by atoms with Gasteiger partial charge in [-0.3, -0.25) is 9.80 Å². The van der Waals surface area contributed by atoms with Crippen LogP contribution in [0.3, 0.4) is 0 Å². The Labute approximate surface area is 215 Å². The van der Waals surface area contributed by atoms with Crippen molar-refractivity contribution in [1.82, 2.24) is 14.7 Å². The first-order chi connectivity index (χ1) is 15.4. The van der Waals surface area contributed by atoms with Crippen LogP contribution in [-0.4, -0.2) is 83.3 Å². The maximum absolute atomic E-state index is 6.02. The van der Waals surface area contributed by atoms with E-state index < -0.39 is 0 Å². The molecule has 4 nitrogen and oxygen atoms in total. The highest BCUT2D eigenvalue weighted by Crippen LogP contribution is 2.39. The molecule has 2 aliphatic heterocycles. The second-order valence-electron chi connectivity index (χ2n) is 14.1. The molecule has 4 heteroatoms. The summed E-state index contributed by atoms with van der Waals surface area (Å²) >= 11 is 0. The third-order valence-electron chi connectivity index (χ3n) is 9.33. The van der Waals surface area contributed by atoms with Gasteiger partial charge in [0.15, 0.2) is 0 Å². The van der Waals surface area contributed by atoms with Gasteiger partial charge in [0.25, 0.3) is 0 Å². The van der Waals surface area contributed by atoms with Gasteiger partial charge in [-0.05, 0) is 115 Å². The van der Waals surface area contributed by atoms with Crippen molar-refractivity contribution in [2.45, 2.75) is 155 Å². The predicted octanol–water partition coefficient (Wildman–Crippen LogP) is 7.07. The van der Waals surface area contributed by atoms with Crippen LogP contribution < -0.4 is 0 Å². The Morgan fingerprint density at radius 2 is 1.21 bits per heavy atom. The van der Waals surface area contributed by atoms with E-state index in [-0.39, 0.29) is 11.1 Å². The quantitative estimate of drug-likeness (QED) is 0.345. The molecule has 1 atom stereocenters. The van der Waals surface area contributed by atoms with Crippen molar-refractivity contribution < 1.29 is 4.74 Å². The van der Waals surface area contributed by atoms with Gasteiger partial charge in [-0.15, -0.1) is 0 Å². The molecular formula is C30H63N3O. The van der Waals surface area contributed by atoms with Crippen LogP contribution in [-0.2, 0) is 4.74 Å². The molecule has 0 radical (unpaired) electrons. The molecule has 2 aliphatic rings. The van der Waals surface area contributed by atoms with Crippen LogP contribution in [0.1, 0.15) is 121 Å². The van der Waals surface area contributed by atoms with Crippen molar-refractivity contribution in [2.75, 3.05) is 34.3 Å². The van der Waals surface area contributed by atoms with Crippen LogP contribution in [0.15, 0.2) is 0 Å². The van der Waals surface area contributed by atoms with E-state index in [1.807, 2.05) is 0 Å². The van der Waals surface area contributed by atoms with Gasteiger partial charge in [-0.1, -0.05) is 33.6 Å². The second kappa shape index (κ2) is 12.4. The van der Waals surface area contributed by atoms with Crippen molar-refractivity contribution in [3.8, 4) is 0 Å². The maximum Gasteiger partial charge on any atom is 0.0610 e. The van der Waals surface area contributed by atoms with Gasteiger partial charge in [0.2, 0.25) is 0 Å². The molecule has 0 aromatic carbocycles. The third-order valence-corrected chi connectivity index (χ3v) is 9.33. The summed E-state index contributed by atoms with van der Waals surface area (Å²) in [5.41, 5.74) is 1.10. The van der Waals surface area contributed by atoms with E-state index in [0.29, 0.717) is 17.2 Å². The molecule has 0 saturated carbocycles. The largest absolute Gasteiger partial charge is 0.378 e. The minimum Gasteiger partial charge on any atom is -0.378 e. The SMILES string of the molecule is CCC(C)CN(C)C1CC(C)(C)N(C)C(C)(C)C1.CCCCOC1CC(C)(C)N(C)C(C)(C)C1. The minimum absolute atomic E-state index is 0.249. The molecule has 2 fully saturated rings. The van der Waals surface area contributed by atoms with Gasteiger partial charge in [0.05, 0.1) is 6.10 Å². The van der Waals surface area contributed by atoms with Crippen molar-refractivity contribution in [3.63, 3.8) is 0 Å². The number of piperidine rings is 2. The molecule has 0 bridgehead atoms. The molecule has 0 aliphatic carbocycles. The molecule has 204 valence electrons. The maximum atomic E-state index is 6.02. The van der Waals surface area contributed by atoms with Crippen molar-refractivity contribution in [2.24, 2.45) is 5.92 Å². The van der Waals surface area contributed by atoms with Gasteiger partial charge in [0.1, 0.15) is 0 Å². The summed E-state index contributed by atoms with van der Waals surface area (Å²) in [4.78, 5) is 7.66. The summed E-state index contributed by atoms with van der Waals surface area (Å²) in [7, 11) is 6.83. The number of unbranched alkanes of at least 4 members (excludes halogenated alkanes) is 1. The summed E-state index contributed by atoms with van der Waals surface area (Å²) in [6, 6.07) is 0.722. The predicted molar refractivity (Wildman–Crippen MR) is 151 cm³/mol. The number of nitrogens with zero attached hydrogens (tertiary/aromatic N) is 3. The molecule has 2 rings (SSSR count). The summed E-state index contributed by atoms with van der Waals surface area (Å²) in [6.45, 7) is 27.9. The van der Waals surface area contributed by atoms with Crippen LogP contribution in [0.25, 0.3) is 0 Å². The summed E-state index contributed by atoms with van der Waals surface area (Å²) in [5.74, 6) is 0.806. The van der Waals surface area contributed by atoms with Crippen LogP contribution in [0.4, 0.5) is 0 Å². The molecule has 2 heterocycles. The number of hydrogen-bond acceptors (Lipinski definition) is 4. The van der Waals surface area contributed by atoms with Crippen LogP contribution in [0.5, 0.6) is 0 Å². The highest BCUT2D eigenvalue weighted by molar-refractivity contribution is 5.01. The summed E-state index contributed by atoms with van der Waals surface area (Å²) in [6.07, 6.45) is 8.98. The first-order valence-electron chi connectivity index (χ1n) is 14.2. The first-order valence-corrected chi connectivity index (χ1v) is 14.2. The van der Waals surface area contributed by atoms with Crippen LogP contribution >= 0.6 is 0 Å². The van der Waals surface area contributed by atoms with Gasteiger partial charge >= 0.3 is 0 Å². The first kappa shape index (κ1) is 31.9. The lowest BCUT2D eigenvalue weighted by molar-refractivity contribution is -0.0916. The van der Waals surface area contributed by atoms with E-state index in [4.69, 9.17) is 4.74 Å². The van der Waals surface area contributed by atoms with Crippen molar-refractivity contribution in [3.05, 3.63) is 0 Å². The van der Waals surface area contributed by atoms with E-state index in [0.717, 1.165) is 31.4 Å². The molecule has 34 heavy (non-hydrogen) atoms. The van der Waals surface area contributed by atoms with Gasteiger partial charge in [0, 0.05) is 41.3 Å². The molecule has 2 saturated heterocycles. The molecular weight excluding hydrogens is 418 g/mol. The zero-order valence-corrected chi connectivity index (χ0v) is 25.8. The van der Waals surface area contributed by atoms with E-state index in [2.05, 4.69) is 112 Å². The van der Waals surface area contributed by atoms with E-state index in [9.17, 15) is 0 Å². The van der Waals surface area contributed by atoms with Gasteiger partial charge in [-0.25, -0.2) is 0 Å². The zero-order valence-electron chi connectivity index (χ0n) is 25.8. The summed E-state index contributed by atoms with van der Waals surface area (Å²) in [5, 5.41) is 0. The fraction of sp³-hybridized carbons (Fsp3) is 1.00.